The average Bonchev–Trinajstić information content (AvgIpc) is 2.71. The van der Waals surface area contributed by atoms with E-state index in [1.165, 1.54) is 6.08 Å². The van der Waals surface area contributed by atoms with Crippen LogP contribution in [0, 0.1) is 0 Å². The SMILES string of the molecule is O=C(O)CC[C@@H](NC(=O)/C(=C/c1ccccc1)NC(=O)c1ccccc1)C(=O)O. The predicted molar refractivity (Wildman–Crippen MR) is 105 cm³/mol. The van der Waals surface area contributed by atoms with E-state index in [0.29, 0.717) is 11.1 Å². The van der Waals surface area contributed by atoms with Crippen molar-refractivity contribution < 1.29 is 29.4 Å². The van der Waals surface area contributed by atoms with Crippen molar-refractivity contribution in [2.75, 3.05) is 0 Å². The monoisotopic (exact) mass is 396 g/mol. The third-order valence-electron chi connectivity index (χ3n) is 3.89. The number of rotatable bonds is 9. The minimum absolute atomic E-state index is 0.161. The highest BCUT2D eigenvalue weighted by atomic mass is 16.4. The molecule has 0 aromatic heterocycles. The minimum atomic E-state index is -1.41. The average molecular weight is 396 g/mol. The van der Waals surface area contributed by atoms with E-state index in [2.05, 4.69) is 10.6 Å². The highest BCUT2D eigenvalue weighted by molar-refractivity contribution is 6.06. The van der Waals surface area contributed by atoms with Crippen LogP contribution in [0.1, 0.15) is 28.8 Å². The summed E-state index contributed by atoms with van der Waals surface area (Å²) >= 11 is 0. The number of aliphatic carboxylic acids is 2. The summed E-state index contributed by atoms with van der Waals surface area (Å²) in [6.45, 7) is 0. The van der Waals surface area contributed by atoms with Crippen molar-refractivity contribution in [2.45, 2.75) is 18.9 Å². The summed E-state index contributed by atoms with van der Waals surface area (Å²) in [4.78, 5) is 47.2. The second-order valence-electron chi connectivity index (χ2n) is 6.09. The van der Waals surface area contributed by atoms with Crippen molar-refractivity contribution in [3.8, 4) is 0 Å². The first kappa shape index (κ1) is 21.4. The van der Waals surface area contributed by atoms with Gasteiger partial charge >= 0.3 is 11.9 Å². The van der Waals surface area contributed by atoms with Gasteiger partial charge in [0.15, 0.2) is 0 Å². The van der Waals surface area contributed by atoms with Crippen LogP contribution in [0.3, 0.4) is 0 Å². The number of amides is 2. The third kappa shape index (κ3) is 6.94. The summed E-state index contributed by atoms with van der Waals surface area (Å²) in [5, 5.41) is 22.8. The number of carboxylic acids is 2. The molecule has 4 N–H and O–H groups in total. The summed E-state index contributed by atoms with van der Waals surface area (Å²) in [5.74, 6) is -3.92. The van der Waals surface area contributed by atoms with Crippen LogP contribution in [0.2, 0.25) is 0 Å². The molecule has 0 saturated carbocycles. The van der Waals surface area contributed by atoms with Crippen LogP contribution in [0.25, 0.3) is 6.08 Å². The predicted octanol–water partition coefficient (Wildman–Crippen LogP) is 1.89. The van der Waals surface area contributed by atoms with Crippen LogP contribution >= 0.6 is 0 Å². The lowest BCUT2D eigenvalue weighted by molar-refractivity contribution is -0.142. The Kier molecular flexibility index (Phi) is 7.67. The van der Waals surface area contributed by atoms with E-state index in [0.717, 1.165) is 0 Å². The zero-order chi connectivity index (χ0) is 21.2. The molecule has 2 rings (SSSR count). The van der Waals surface area contributed by atoms with E-state index in [9.17, 15) is 24.3 Å². The summed E-state index contributed by atoms with van der Waals surface area (Å²) in [5.41, 5.74) is 0.773. The Morgan fingerprint density at radius 1 is 0.897 bits per heavy atom. The smallest absolute Gasteiger partial charge is 0.326 e. The standard InChI is InChI=1S/C21H20N2O6/c24-18(25)12-11-16(21(28)29)22-20(27)17(13-14-7-3-1-4-8-14)23-19(26)15-9-5-2-6-10-15/h1-10,13,16H,11-12H2,(H,22,27)(H,23,26)(H,24,25)(H,28,29)/b17-13-/t16-/m1/s1. The van der Waals surface area contributed by atoms with Gasteiger partial charge < -0.3 is 20.8 Å². The molecule has 0 radical (unpaired) electrons. The Labute approximate surface area is 166 Å². The molecule has 29 heavy (non-hydrogen) atoms. The van der Waals surface area contributed by atoms with Gasteiger partial charge in [0.25, 0.3) is 11.8 Å². The molecule has 2 aromatic rings. The van der Waals surface area contributed by atoms with Gasteiger partial charge in [-0.25, -0.2) is 4.79 Å². The first-order valence-corrected chi connectivity index (χ1v) is 8.75. The van der Waals surface area contributed by atoms with Crippen molar-refractivity contribution in [3.05, 3.63) is 77.5 Å². The van der Waals surface area contributed by atoms with Gasteiger partial charge in [-0.2, -0.15) is 0 Å². The van der Waals surface area contributed by atoms with Crippen molar-refractivity contribution in [1.29, 1.82) is 0 Å². The maximum Gasteiger partial charge on any atom is 0.326 e. The lowest BCUT2D eigenvalue weighted by Crippen LogP contribution is -2.44. The van der Waals surface area contributed by atoms with Crippen LogP contribution in [0.5, 0.6) is 0 Å². The van der Waals surface area contributed by atoms with E-state index >= 15 is 0 Å². The Morgan fingerprint density at radius 3 is 2.03 bits per heavy atom. The number of carbonyl (C=O) groups is 4. The topological polar surface area (TPSA) is 133 Å². The number of benzene rings is 2. The Bertz CT molecular complexity index is 909. The van der Waals surface area contributed by atoms with E-state index in [1.54, 1.807) is 60.7 Å². The second kappa shape index (κ2) is 10.4. The Morgan fingerprint density at radius 2 is 1.48 bits per heavy atom. The zero-order valence-corrected chi connectivity index (χ0v) is 15.4. The molecule has 0 fully saturated rings. The molecule has 0 heterocycles. The van der Waals surface area contributed by atoms with Gasteiger partial charge in [0.1, 0.15) is 11.7 Å². The fourth-order valence-electron chi connectivity index (χ4n) is 2.42. The van der Waals surface area contributed by atoms with E-state index in [4.69, 9.17) is 5.11 Å². The van der Waals surface area contributed by atoms with Crippen LogP contribution in [-0.4, -0.2) is 40.0 Å². The number of hydrogen-bond acceptors (Lipinski definition) is 4. The van der Waals surface area contributed by atoms with Crippen molar-refractivity contribution >= 4 is 29.8 Å². The molecule has 0 unspecified atom stereocenters. The van der Waals surface area contributed by atoms with Gasteiger partial charge in [-0.1, -0.05) is 48.5 Å². The lowest BCUT2D eigenvalue weighted by Gasteiger charge is -2.16. The molecular weight excluding hydrogens is 376 g/mol. The fourth-order valence-corrected chi connectivity index (χ4v) is 2.42. The fraction of sp³-hybridized carbons (Fsp3) is 0.143. The minimum Gasteiger partial charge on any atom is -0.481 e. The lowest BCUT2D eigenvalue weighted by atomic mass is 10.1. The molecule has 2 amide bonds. The summed E-state index contributed by atoms with van der Waals surface area (Å²) in [7, 11) is 0. The van der Waals surface area contributed by atoms with Gasteiger partial charge in [0.05, 0.1) is 0 Å². The molecule has 8 heteroatoms. The number of nitrogens with one attached hydrogen (secondary N) is 2. The molecule has 0 spiro atoms. The third-order valence-corrected chi connectivity index (χ3v) is 3.89. The Balaban J connectivity index is 2.25. The number of carboxylic acid groups (broad SMARTS) is 2. The molecule has 0 aliphatic carbocycles. The highest BCUT2D eigenvalue weighted by Crippen LogP contribution is 2.08. The molecule has 8 nitrogen and oxygen atoms in total. The number of hydrogen-bond donors (Lipinski definition) is 4. The molecule has 150 valence electrons. The van der Waals surface area contributed by atoms with Gasteiger partial charge in [-0.05, 0) is 30.2 Å². The normalized spacial score (nSPS) is 11.9. The maximum absolute atomic E-state index is 12.7. The quantitative estimate of drug-likeness (QED) is 0.479. The van der Waals surface area contributed by atoms with E-state index in [1.807, 2.05) is 0 Å². The van der Waals surface area contributed by atoms with Crippen molar-refractivity contribution in [3.63, 3.8) is 0 Å². The maximum atomic E-state index is 12.7. The van der Waals surface area contributed by atoms with Crippen LogP contribution < -0.4 is 10.6 Å². The van der Waals surface area contributed by atoms with Gasteiger partial charge in [0, 0.05) is 12.0 Å². The summed E-state index contributed by atoms with van der Waals surface area (Å²) in [6.07, 6.45) is 0.694. The zero-order valence-electron chi connectivity index (χ0n) is 15.4. The van der Waals surface area contributed by atoms with Gasteiger partial charge in [-0.15, -0.1) is 0 Å². The number of carbonyl (C=O) groups excluding carboxylic acids is 2. The molecule has 0 aliphatic rings. The molecule has 0 saturated heterocycles. The first-order valence-electron chi connectivity index (χ1n) is 8.75. The van der Waals surface area contributed by atoms with Gasteiger partial charge in [-0.3, -0.25) is 14.4 Å². The van der Waals surface area contributed by atoms with E-state index < -0.39 is 36.2 Å². The van der Waals surface area contributed by atoms with Crippen molar-refractivity contribution in [2.24, 2.45) is 0 Å². The molecule has 2 aromatic carbocycles. The Hall–Kier alpha value is -3.94. The largest absolute Gasteiger partial charge is 0.481 e. The first-order chi connectivity index (χ1) is 13.9. The van der Waals surface area contributed by atoms with Crippen molar-refractivity contribution in [1.82, 2.24) is 10.6 Å². The highest BCUT2D eigenvalue weighted by Gasteiger charge is 2.23. The molecule has 0 aliphatic heterocycles. The van der Waals surface area contributed by atoms with Crippen LogP contribution in [0.4, 0.5) is 0 Å². The van der Waals surface area contributed by atoms with Crippen LogP contribution in [0.15, 0.2) is 66.4 Å². The molecular formula is C21H20N2O6. The molecule has 1 atom stereocenters. The molecule has 0 bridgehead atoms. The second-order valence-corrected chi connectivity index (χ2v) is 6.09. The van der Waals surface area contributed by atoms with Gasteiger partial charge in [0.2, 0.25) is 0 Å². The van der Waals surface area contributed by atoms with Crippen LogP contribution in [-0.2, 0) is 14.4 Å². The summed E-state index contributed by atoms with van der Waals surface area (Å²) in [6, 6.07) is 15.5. The van der Waals surface area contributed by atoms with E-state index in [-0.39, 0.29) is 12.1 Å². The summed E-state index contributed by atoms with van der Waals surface area (Å²) < 4.78 is 0.